The lowest BCUT2D eigenvalue weighted by molar-refractivity contribution is 0.0989. The summed E-state index contributed by atoms with van der Waals surface area (Å²) < 4.78 is 40.8. The van der Waals surface area contributed by atoms with Crippen LogP contribution in [-0.2, 0) is 22.9 Å². The number of halogens is 1. The maximum Gasteiger partial charge on any atom is 0.264 e. The van der Waals surface area contributed by atoms with Crippen molar-refractivity contribution in [1.29, 1.82) is 0 Å². The first-order valence-electron chi connectivity index (χ1n) is 9.02. The van der Waals surface area contributed by atoms with Crippen molar-refractivity contribution in [3.8, 4) is 0 Å². The van der Waals surface area contributed by atoms with Crippen LogP contribution in [0.15, 0.2) is 65.7 Å². The van der Waals surface area contributed by atoms with E-state index in [2.05, 4.69) is 4.98 Å². The number of sulfonamides is 1. The van der Waals surface area contributed by atoms with Crippen LogP contribution in [0.3, 0.4) is 0 Å². The number of nitrogens with one attached hydrogen (secondary N) is 1. The van der Waals surface area contributed by atoms with Crippen LogP contribution in [0.25, 0.3) is 0 Å². The van der Waals surface area contributed by atoms with Crippen molar-refractivity contribution in [3.63, 3.8) is 0 Å². The molecule has 4 rings (SSSR count). The summed E-state index contributed by atoms with van der Waals surface area (Å²) in [7, 11) is -3.81. The Morgan fingerprint density at radius 3 is 2.61 bits per heavy atom. The third-order valence-corrected chi connectivity index (χ3v) is 6.72. The van der Waals surface area contributed by atoms with Gasteiger partial charge in [0.05, 0.1) is 16.3 Å². The van der Waals surface area contributed by atoms with Crippen molar-refractivity contribution in [2.24, 2.45) is 0 Å². The van der Waals surface area contributed by atoms with Gasteiger partial charge in [0, 0.05) is 19.2 Å². The van der Waals surface area contributed by atoms with Crippen molar-refractivity contribution in [2.45, 2.75) is 24.2 Å². The molecule has 0 amide bonds. The lowest BCUT2D eigenvalue weighted by Gasteiger charge is -2.31. The highest BCUT2D eigenvalue weighted by atomic mass is 32.2. The summed E-state index contributed by atoms with van der Waals surface area (Å²) in [6.07, 6.45) is 3.35. The first-order valence-corrected chi connectivity index (χ1v) is 10.5. The average Bonchev–Trinajstić information content (AvgIpc) is 3.23. The fourth-order valence-electron chi connectivity index (χ4n) is 3.46. The number of aromatic nitrogens is 1. The Labute approximate surface area is 162 Å². The number of carbonyl (C=O) groups is 1. The van der Waals surface area contributed by atoms with Gasteiger partial charge in [0.25, 0.3) is 10.0 Å². The summed E-state index contributed by atoms with van der Waals surface area (Å²) in [5.74, 6) is -0.545. The second-order valence-corrected chi connectivity index (χ2v) is 8.64. The molecule has 1 aliphatic rings. The van der Waals surface area contributed by atoms with Gasteiger partial charge >= 0.3 is 0 Å². The number of hydrogen-bond acceptors (Lipinski definition) is 3. The van der Waals surface area contributed by atoms with Gasteiger partial charge in [0.1, 0.15) is 5.82 Å². The molecule has 0 atom stereocenters. The van der Waals surface area contributed by atoms with Crippen LogP contribution in [-0.4, -0.2) is 25.7 Å². The number of nitrogens with zero attached hydrogens (tertiary/aromatic N) is 1. The standard InChI is InChI=1S/C21H19FN2O3S/c22-17-7-9-18(10-8-17)28(26,27)24-12-2-3-16-6-5-15(13-20(16)24)14-21(25)19-4-1-11-23-19/h1,4-11,13,23H,2-3,12,14H2. The molecule has 0 spiro atoms. The Hall–Kier alpha value is -2.93. The van der Waals surface area contributed by atoms with Gasteiger partial charge in [0.15, 0.2) is 5.78 Å². The maximum absolute atomic E-state index is 13.2. The molecule has 0 saturated heterocycles. The van der Waals surface area contributed by atoms with Crippen LogP contribution in [0.5, 0.6) is 0 Å². The van der Waals surface area contributed by atoms with Gasteiger partial charge in [-0.3, -0.25) is 9.10 Å². The number of benzene rings is 2. The van der Waals surface area contributed by atoms with Crippen molar-refractivity contribution in [1.82, 2.24) is 4.98 Å². The van der Waals surface area contributed by atoms with Crippen LogP contribution in [0.1, 0.15) is 28.0 Å². The number of ketones is 1. The normalized spacial score (nSPS) is 14.0. The van der Waals surface area contributed by atoms with E-state index in [4.69, 9.17) is 0 Å². The zero-order chi connectivity index (χ0) is 19.7. The molecule has 5 nitrogen and oxygen atoms in total. The summed E-state index contributed by atoms with van der Waals surface area (Å²) >= 11 is 0. The molecule has 1 aliphatic heterocycles. The number of aromatic amines is 1. The molecule has 7 heteroatoms. The quantitative estimate of drug-likeness (QED) is 0.666. The molecule has 0 saturated carbocycles. The van der Waals surface area contributed by atoms with Crippen LogP contribution < -0.4 is 4.31 Å². The minimum atomic E-state index is -3.81. The van der Waals surface area contributed by atoms with Gasteiger partial charge in [-0.25, -0.2) is 12.8 Å². The Morgan fingerprint density at radius 1 is 1.11 bits per heavy atom. The highest BCUT2D eigenvalue weighted by molar-refractivity contribution is 7.92. The fourth-order valence-corrected chi connectivity index (χ4v) is 5.00. The molecule has 3 aromatic rings. The lowest BCUT2D eigenvalue weighted by atomic mass is 9.98. The van der Waals surface area contributed by atoms with Gasteiger partial charge < -0.3 is 4.98 Å². The van der Waals surface area contributed by atoms with Crippen molar-refractivity contribution in [3.05, 3.63) is 83.4 Å². The average molecular weight is 398 g/mol. The van der Waals surface area contributed by atoms with E-state index in [1.807, 2.05) is 12.1 Å². The Balaban J connectivity index is 1.68. The predicted octanol–water partition coefficient (Wildman–Crippen LogP) is 3.72. The zero-order valence-electron chi connectivity index (χ0n) is 15.1. The van der Waals surface area contributed by atoms with Crippen LogP contribution >= 0.6 is 0 Å². The second kappa shape index (κ2) is 7.24. The van der Waals surface area contributed by atoms with Crippen molar-refractivity contribution in [2.75, 3.05) is 10.8 Å². The molecular formula is C21H19FN2O3S. The Bertz CT molecular complexity index is 1110. The van der Waals surface area contributed by atoms with Gasteiger partial charge in [0.2, 0.25) is 0 Å². The van der Waals surface area contributed by atoms with E-state index in [1.54, 1.807) is 24.4 Å². The lowest BCUT2D eigenvalue weighted by Crippen LogP contribution is -2.35. The van der Waals surface area contributed by atoms with E-state index in [0.717, 1.165) is 29.7 Å². The predicted molar refractivity (Wildman–Crippen MR) is 105 cm³/mol. The number of hydrogen-bond donors (Lipinski definition) is 1. The van der Waals surface area contributed by atoms with Crippen molar-refractivity contribution >= 4 is 21.5 Å². The Morgan fingerprint density at radius 2 is 1.89 bits per heavy atom. The van der Waals surface area contributed by atoms with Gasteiger partial charge in [-0.05, 0) is 66.4 Å². The number of fused-ring (bicyclic) bond motifs is 1. The molecule has 0 radical (unpaired) electrons. The molecule has 0 bridgehead atoms. The number of H-pyrrole nitrogens is 1. The van der Waals surface area contributed by atoms with Crippen LogP contribution in [0, 0.1) is 5.82 Å². The maximum atomic E-state index is 13.2. The minimum Gasteiger partial charge on any atom is -0.359 e. The van der Waals surface area contributed by atoms with Crippen molar-refractivity contribution < 1.29 is 17.6 Å². The van der Waals surface area contributed by atoms with Crippen LogP contribution in [0.2, 0.25) is 0 Å². The number of anilines is 1. The second-order valence-electron chi connectivity index (χ2n) is 6.78. The number of rotatable bonds is 5. The largest absolute Gasteiger partial charge is 0.359 e. The SMILES string of the molecule is O=C(Cc1ccc2c(c1)N(S(=O)(=O)c1ccc(F)cc1)CCC2)c1ccc[nH]1. The first-order chi connectivity index (χ1) is 13.4. The smallest absolute Gasteiger partial charge is 0.264 e. The third-order valence-electron chi connectivity index (χ3n) is 4.89. The minimum absolute atomic E-state index is 0.0506. The summed E-state index contributed by atoms with van der Waals surface area (Å²) in [5, 5.41) is 0. The summed E-state index contributed by atoms with van der Waals surface area (Å²) in [4.78, 5) is 15.3. The van der Waals surface area contributed by atoms with Gasteiger partial charge in [-0.1, -0.05) is 12.1 Å². The fraction of sp³-hybridized carbons (Fsp3) is 0.190. The van der Waals surface area contributed by atoms with E-state index >= 15 is 0 Å². The number of carbonyl (C=O) groups excluding carboxylic acids is 1. The number of aryl methyl sites for hydroxylation is 1. The summed E-state index contributed by atoms with van der Waals surface area (Å²) in [5.41, 5.74) is 2.79. The van der Waals surface area contributed by atoms with E-state index in [1.165, 1.54) is 16.4 Å². The van der Waals surface area contributed by atoms with Gasteiger partial charge in [-0.15, -0.1) is 0 Å². The molecule has 144 valence electrons. The molecule has 1 aromatic heterocycles. The molecule has 0 aliphatic carbocycles. The molecule has 2 aromatic carbocycles. The highest BCUT2D eigenvalue weighted by Crippen LogP contribution is 2.33. The molecular weight excluding hydrogens is 379 g/mol. The zero-order valence-corrected chi connectivity index (χ0v) is 15.9. The molecule has 0 unspecified atom stereocenters. The molecule has 2 heterocycles. The monoisotopic (exact) mass is 398 g/mol. The molecule has 0 fully saturated rings. The Kier molecular flexibility index (Phi) is 4.77. The van der Waals surface area contributed by atoms with Gasteiger partial charge in [-0.2, -0.15) is 0 Å². The molecule has 1 N–H and O–H groups in total. The molecule has 28 heavy (non-hydrogen) atoms. The van der Waals surface area contributed by atoms with E-state index in [-0.39, 0.29) is 17.1 Å². The topological polar surface area (TPSA) is 70.2 Å². The first kappa shape index (κ1) is 18.4. The van der Waals surface area contributed by atoms with E-state index in [0.29, 0.717) is 24.3 Å². The van der Waals surface area contributed by atoms with Crippen LogP contribution in [0.4, 0.5) is 10.1 Å². The van der Waals surface area contributed by atoms with E-state index in [9.17, 15) is 17.6 Å². The number of Topliss-reactive ketones (excluding diaryl/α,β-unsaturated/α-hetero) is 1. The summed E-state index contributed by atoms with van der Waals surface area (Å²) in [6.45, 7) is 0.348. The third kappa shape index (κ3) is 3.45. The van der Waals surface area contributed by atoms with E-state index < -0.39 is 15.8 Å². The summed E-state index contributed by atoms with van der Waals surface area (Å²) in [6, 6.07) is 13.8. The highest BCUT2D eigenvalue weighted by Gasteiger charge is 2.29.